The molecule has 1 aromatic rings. The maximum Gasteiger partial charge on any atom is 0.226 e. The molecule has 2 nitrogen and oxygen atoms in total. The van der Waals surface area contributed by atoms with Crippen LogP contribution in [0.15, 0.2) is 24.3 Å². The Kier molecular flexibility index (Phi) is 9.45. The molecule has 0 radical (unpaired) electrons. The van der Waals surface area contributed by atoms with Crippen molar-refractivity contribution in [1.29, 1.82) is 0 Å². The van der Waals surface area contributed by atoms with E-state index >= 15 is 0 Å². The molecule has 0 aliphatic carbocycles. The molecule has 0 saturated carbocycles. The normalized spacial score (nSPS) is 15.0. The first-order valence-corrected chi connectivity index (χ1v) is 9.91. The minimum absolute atomic E-state index is 0.534. The Bertz CT molecular complexity index is 436. The fraction of sp³-hybridized carbons (Fsp3) is 0.625. The summed E-state index contributed by atoms with van der Waals surface area (Å²) in [7, 11) is 0. The average Bonchev–Trinajstić information content (AvgIpc) is 2.46. The highest BCUT2D eigenvalue weighted by molar-refractivity contribution is 6.68. The van der Waals surface area contributed by atoms with Crippen molar-refractivity contribution in [1.82, 2.24) is 0 Å². The van der Waals surface area contributed by atoms with E-state index < -0.39 is 19.8 Å². The molecule has 2 unspecified atom stereocenters. The highest BCUT2D eigenvalue weighted by Gasteiger charge is 2.35. The SMILES string of the molecule is CCCC(Oc1ccc(OC(CCC)C(Cl)(Cl)Cl)cc1)C(Cl)(Cl)Cl. The number of hydrogen-bond donors (Lipinski definition) is 0. The molecule has 0 aromatic heterocycles. The molecule has 0 N–H and O–H groups in total. The highest BCUT2D eigenvalue weighted by Crippen LogP contribution is 2.37. The van der Waals surface area contributed by atoms with E-state index in [2.05, 4.69) is 0 Å². The molecule has 24 heavy (non-hydrogen) atoms. The molecule has 2 atom stereocenters. The number of alkyl halides is 6. The molecule has 0 spiro atoms. The van der Waals surface area contributed by atoms with E-state index in [4.69, 9.17) is 79.1 Å². The van der Waals surface area contributed by atoms with Gasteiger partial charge in [0.2, 0.25) is 7.59 Å². The molecule has 1 rings (SSSR count). The second-order valence-electron chi connectivity index (χ2n) is 5.34. The van der Waals surface area contributed by atoms with Gasteiger partial charge in [-0.2, -0.15) is 0 Å². The van der Waals surface area contributed by atoms with Crippen molar-refractivity contribution in [2.45, 2.75) is 59.3 Å². The maximum absolute atomic E-state index is 5.95. The topological polar surface area (TPSA) is 18.5 Å². The van der Waals surface area contributed by atoms with E-state index in [0.29, 0.717) is 24.3 Å². The summed E-state index contributed by atoms with van der Waals surface area (Å²) in [6.07, 6.45) is 1.85. The highest BCUT2D eigenvalue weighted by atomic mass is 35.6. The van der Waals surface area contributed by atoms with Crippen molar-refractivity contribution >= 4 is 69.6 Å². The Morgan fingerprint density at radius 1 is 0.708 bits per heavy atom. The zero-order chi connectivity index (χ0) is 18.4. The van der Waals surface area contributed by atoms with Crippen LogP contribution in [-0.4, -0.2) is 19.8 Å². The van der Waals surface area contributed by atoms with Crippen LogP contribution < -0.4 is 9.47 Å². The minimum Gasteiger partial charge on any atom is -0.486 e. The van der Waals surface area contributed by atoms with Gasteiger partial charge in [0.05, 0.1) is 0 Å². The van der Waals surface area contributed by atoms with Crippen molar-refractivity contribution < 1.29 is 9.47 Å². The summed E-state index contributed by atoms with van der Waals surface area (Å²) < 4.78 is 8.54. The Morgan fingerprint density at radius 2 is 1.00 bits per heavy atom. The molecule has 1 aromatic carbocycles. The van der Waals surface area contributed by atoms with Crippen LogP contribution >= 0.6 is 69.6 Å². The second-order valence-corrected chi connectivity index (χ2v) is 10.1. The third-order valence-electron chi connectivity index (χ3n) is 3.21. The number of halogens is 6. The van der Waals surface area contributed by atoms with E-state index in [1.807, 2.05) is 13.8 Å². The fourth-order valence-electron chi connectivity index (χ4n) is 2.03. The maximum atomic E-state index is 5.95. The van der Waals surface area contributed by atoms with E-state index in [9.17, 15) is 0 Å². The molecule has 0 heterocycles. The second kappa shape index (κ2) is 10.0. The van der Waals surface area contributed by atoms with Gasteiger partial charge in [-0.3, -0.25) is 0 Å². The molecule has 0 bridgehead atoms. The van der Waals surface area contributed by atoms with Crippen LogP contribution in [-0.2, 0) is 0 Å². The lowest BCUT2D eigenvalue weighted by atomic mass is 10.2. The number of ether oxygens (including phenoxy) is 2. The Hall–Kier alpha value is 0.560. The van der Waals surface area contributed by atoms with Gasteiger partial charge in [0.1, 0.15) is 23.7 Å². The van der Waals surface area contributed by atoms with Gasteiger partial charge >= 0.3 is 0 Å². The van der Waals surface area contributed by atoms with Crippen LogP contribution in [0.1, 0.15) is 39.5 Å². The quantitative estimate of drug-likeness (QED) is 0.376. The number of benzene rings is 1. The third kappa shape index (κ3) is 7.85. The standard InChI is InChI=1S/C16H20Cl6O2/c1-3-5-13(15(17,18)19)23-11-7-9-12(10-8-11)24-14(6-4-2)16(20,21)22/h7-10,13-14H,3-6H2,1-2H3. The predicted molar refractivity (Wildman–Crippen MR) is 106 cm³/mol. The lowest BCUT2D eigenvalue weighted by Gasteiger charge is -2.26. The summed E-state index contributed by atoms with van der Waals surface area (Å²) in [5.41, 5.74) is 0. The molecule has 0 aliphatic rings. The molecule has 138 valence electrons. The molecule has 0 fully saturated rings. The van der Waals surface area contributed by atoms with Crippen molar-refractivity contribution in [2.75, 3.05) is 0 Å². The van der Waals surface area contributed by atoms with Gasteiger partial charge in [0.15, 0.2) is 0 Å². The predicted octanol–water partition coefficient (Wildman–Crippen LogP) is 7.52. The number of hydrogen-bond acceptors (Lipinski definition) is 2. The van der Waals surface area contributed by atoms with Crippen LogP contribution in [0.4, 0.5) is 0 Å². The van der Waals surface area contributed by atoms with Gasteiger partial charge in [0.25, 0.3) is 0 Å². The Labute approximate surface area is 173 Å². The van der Waals surface area contributed by atoms with Crippen LogP contribution in [0.3, 0.4) is 0 Å². The van der Waals surface area contributed by atoms with Crippen LogP contribution in [0.5, 0.6) is 11.5 Å². The number of rotatable bonds is 8. The van der Waals surface area contributed by atoms with Gasteiger partial charge < -0.3 is 9.47 Å². The van der Waals surface area contributed by atoms with E-state index in [1.54, 1.807) is 24.3 Å². The van der Waals surface area contributed by atoms with E-state index in [1.165, 1.54) is 0 Å². The lowest BCUT2D eigenvalue weighted by Crippen LogP contribution is -2.32. The molecule has 0 aliphatic heterocycles. The van der Waals surface area contributed by atoms with Crippen LogP contribution in [0.2, 0.25) is 0 Å². The fourth-order valence-corrected chi connectivity index (χ4v) is 2.95. The van der Waals surface area contributed by atoms with Crippen LogP contribution in [0, 0.1) is 0 Å². The van der Waals surface area contributed by atoms with Gasteiger partial charge in [-0.25, -0.2) is 0 Å². The van der Waals surface area contributed by atoms with E-state index in [0.717, 1.165) is 12.8 Å². The lowest BCUT2D eigenvalue weighted by molar-refractivity contribution is 0.188. The smallest absolute Gasteiger partial charge is 0.226 e. The van der Waals surface area contributed by atoms with Crippen LogP contribution in [0.25, 0.3) is 0 Å². The Morgan fingerprint density at radius 3 is 1.21 bits per heavy atom. The Balaban J connectivity index is 2.77. The van der Waals surface area contributed by atoms with Gasteiger partial charge in [-0.15, -0.1) is 0 Å². The molecule has 0 saturated heterocycles. The zero-order valence-corrected chi connectivity index (χ0v) is 17.9. The monoisotopic (exact) mass is 454 g/mol. The van der Waals surface area contributed by atoms with Gasteiger partial charge in [-0.1, -0.05) is 96.3 Å². The summed E-state index contributed by atoms with van der Waals surface area (Å²) in [5, 5.41) is 0. The van der Waals surface area contributed by atoms with Crippen molar-refractivity contribution in [2.24, 2.45) is 0 Å². The zero-order valence-electron chi connectivity index (χ0n) is 13.4. The largest absolute Gasteiger partial charge is 0.486 e. The first kappa shape index (κ1) is 22.6. The molecule has 8 heteroatoms. The summed E-state index contributed by atoms with van der Waals surface area (Å²) in [4.78, 5) is 0. The van der Waals surface area contributed by atoms with Gasteiger partial charge in [-0.05, 0) is 37.1 Å². The minimum atomic E-state index is -1.49. The van der Waals surface area contributed by atoms with Gasteiger partial charge in [0, 0.05) is 0 Å². The first-order chi connectivity index (χ1) is 11.1. The average molecular weight is 457 g/mol. The molecule has 0 amide bonds. The first-order valence-electron chi connectivity index (χ1n) is 7.64. The van der Waals surface area contributed by atoms with Crippen molar-refractivity contribution in [3.63, 3.8) is 0 Å². The third-order valence-corrected chi connectivity index (χ3v) is 4.67. The molecular weight excluding hydrogens is 437 g/mol. The van der Waals surface area contributed by atoms with Crippen molar-refractivity contribution in [3.05, 3.63) is 24.3 Å². The summed E-state index contributed by atoms with van der Waals surface area (Å²) in [6.45, 7) is 3.99. The van der Waals surface area contributed by atoms with E-state index in [-0.39, 0.29) is 0 Å². The summed E-state index contributed by atoms with van der Waals surface area (Å²) in [6, 6.07) is 6.93. The van der Waals surface area contributed by atoms with Crippen molar-refractivity contribution in [3.8, 4) is 11.5 Å². The summed E-state index contributed by atoms with van der Waals surface area (Å²) in [5.74, 6) is 1.15. The summed E-state index contributed by atoms with van der Waals surface area (Å²) >= 11 is 35.7. The molecular formula is C16H20Cl6O2.